The molecule has 1 N–H and O–H groups in total. The molecule has 0 bridgehead atoms. The van der Waals surface area contributed by atoms with Crippen LogP contribution in [-0.4, -0.2) is 88.3 Å². The highest BCUT2D eigenvalue weighted by atomic mass is 16.5. The fraction of sp³-hybridized carbons (Fsp3) is 0.581. The van der Waals surface area contributed by atoms with Crippen LogP contribution < -0.4 is 9.64 Å². The SMILES string of the molecule is CCOc1ccc(N2CC=C[C@@]3(C)O[C@]45C=CCN(C(C)(C)C)C(=O)C4N(CCCCO)C(=O)[C@@H]5[C@H]3C2=O)cc1. The van der Waals surface area contributed by atoms with Crippen molar-refractivity contribution in [2.24, 2.45) is 11.8 Å². The topological polar surface area (TPSA) is 99.6 Å². The van der Waals surface area contributed by atoms with Gasteiger partial charge in [-0.1, -0.05) is 24.3 Å². The molecule has 3 amide bonds. The molecule has 1 spiro atoms. The molecule has 5 rings (SSSR count). The second-order valence-electron chi connectivity index (χ2n) is 12.3. The summed E-state index contributed by atoms with van der Waals surface area (Å²) in [5.41, 5.74) is -2.13. The molecule has 9 nitrogen and oxygen atoms in total. The van der Waals surface area contributed by atoms with Gasteiger partial charge in [-0.15, -0.1) is 0 Å². The molecule has 4 aliphatic heterocycles. The van der Waals surface area contributed by atoms with Gasteiger partial charge in [0, 0.05) is 37.5 Å². The molecule has 0 radical (unpaired) electrons. The molecule has 0 aromatic heterocycles. The summed E-state index contributed by atoms with van der Waals surface area (Å²) in [5, 5.41) is 9.40. The van der Waals surface area contributed by atoms with Gasteiger partial charge in [0.1, 0.15) is 17.4 Å². The van der Waals surface area contributed by atoms with E-state index < -0.39 is 34.6 Å². The number of fused-ring (bicyclic) bond motifs is 2. The van der Waals surface area contributed by atoms with Crippen molar-refractivity contribution in [1.29, 1.82) is 0 Å². The van der Waals surface area contributed by atoms with Crippen molar-refractivity contribution in [1.82, 2.24) is 9.80 Å². The highest BCUT2D eigenvalue weighted by Gasteiger charge is 2.74. The Hall–Kier alpha value is -3.17. The molecule has 4 aliphatic rings. The fourth-order valence-corrected chi connectivity index (χ4v) is 6.88. The van der Waals surface area contributed by atoms with Crippen LogP contribution in [-0.2, 0) is 19.1 Å². The van der Waals surface area contributed by atoms with Crippen LogP contribution in [0.25, 0.3) is 0 Å². The lowest BCUT2D eigenvalue weighted by molar-refractivity contribution is -0.154. The van der Waals surface area contributed by atoms with Crippen LogP contribution in [0.1, 0.15) is 47.5 Å². The summed E-state index contributed by atoms with van der Waals surface area (Å²) < 4.78 is 12.4. The first-order valence-corrected chi connectivity index (χ1v) is 14.3. The maximum absolute atomic E-state index is 14.4. The van der Waals surface area contributed by atoms with Crippen LogP contribution in [0.5, 0.6) is 5.75 Å². The van der Waals surface area contributed by atoms with Crippen LogP contribution >= 0.6 is 0 Å². The Labute approximate surface area is 236 Å². The van der Waals surface area contributed by atoms with Crippen molar-refractivity contribution in [3.05, 3.63) is 48.6 Å². The third-order valence-corrected chi connectivity index (χ3v) is 8.63. The van der Waals surface area contributed by atoms with E-state index in [1.165, 1.54) is 0 Å². The molecule has 1 aromatic rings. The average Bonchev–Trinajstić information content (AvgIpc) is 3.15. The second-order valence-corrected chi connectivity index (χ2v) is 12.3. The normalized spacial score (nSPS) is 31.7. The van der Waals surface area contributed by atoms with Gasteiger partial charge in [0.05, 0.1) is 24.0 Å². The first-order chi connectivity index (χ1) is 19.0. The maximum Gasteiger partial charge on any atom is 0.249 e. The van der Waals surface area contributed by atoms with Crippen LogP contribution in [0.3, 0.4) is 0 Å². The number of rotatable bonds is 7. The summed E-state index contributed by atoms with van der Waals surface area (Å²) in [5.74, 6) is -1.61. The van der Waals surface area contributed by atoms with Crippen LogP contribution in [0.2, 0.25) is 0 Å². The smallest absolute Gasteiger partial charge is 0.249 e. The minimum atomic E-state index is -1.28. The summed E-state index contributed by atoms with van der Waals surface area (Å²) in [6.07, 6.45) is 8.64. The number of aliphatic hydroxyl groups is 1. The molecule has 216 valence electrons. The molecule has 5 atom stereocenters. The van der Waals surface area contributed by atoms with Crippen molar-refractivity contribution in [2.45, 2.75) is 70.2 Å². The highest BCUT2D eigenvalue weighted by molar-refractivity contribution is 6.04. The third kappa shape index (κ3) is 4.43. The monoisotopic (exact) mass is 551 g/mol. The largest absolute Gasteiger partial charge is 0.494 e. The van der Waals surface area contributed by atoms with Crippen LogP contribution in [0.15, 0.2) is 48.6 Å². The zero-order valence-electron chi connectivity index (χ0n) is 24.1. The number of hydrogen-bond donors (Lipinski definition) is 1. The van der Waals surface area contributed by atoms with E-state index in [2.05, 4.69) is 0 Å². The molecular formula is C31H41N3O6. The van der Waals surface area contributed by atoms with Gasteiger partial charge in [-0.25, -0.2) is 0 Å². The first kappa shape index (κ1) is 28.4. The van der Waals surface area contributed by atoms with Crippen molar-refractivity contribution >= 4 is 23.4 Å². The second kappa shape index (κ2) is 10.3. The minimum absolute atomic E-state index is 0.000751. The van der Waals surface area contributed by atoms with E-state index >= 15 is 0 Å². The summed E-state index contributed by atoms with van der Waals surface area (Å²) in [7, 11) is 0. The Morgan fingerprint density at radius 1 is 0.975 bits per heavy atom. The predicted molar refractivity (Wildman–Crippen MR) is 151 cm³/mol. The number of hydrogen-bond acceptors (Lipinski definition) is 6. The quantitative estimate of drug-likeness (QED) is 0.413. The Balaban J connectivity index is 1.58. The van der Waals surface area contributed by atoms with Crippen molar-refractivity contribution in [2.75, 3.05) is 37.7 Å². The van der Waals surface area contributed by atoms with E-state index in [1.54, 1.807) is 14.7 Å². The molecular weight excluding hydrogens is 510 g/mol. The Bertz CT molecular complexity index is 1220. The third-order valence-electron chi connectivity index (χ3n) is 8.63. The molecule has 1 unspecified atom stereocenters. The van der Waals surface area contributed by atoms with Gasteiger partial charge in [-0.05, 0) is 71.7 Å². The van der Waals surface area contributed by atoms with E-state index in [9.17, 15) is 19.5 Å². The summed E-state index contributed by atoms with van der Waals surface area (Å²) >= 11 is 0. The fourth-order valence-electron chi connectivity index (χ4n) is 6.88. The average molecular weight is 552 g/mol. The number of amides is 3. The number of carbonyl (C=O) groups excluding carboxylic acids is 3. The van der Waals surface area contributed by atoms with Gasteiger partial charge < -0.3 is 29.3 Å². The molecule has 0 aliphatic carbocycles. The Morgan fingerprint density at radius 3 is 2.33 bits per heavy atom. The van der Waals surface area contributed by atoms with E-state index in [-0.39, 0.29) is 24.3 Å². The molecule has 2 saturated heterocycles. The van der Waals surface area contributed by atoms with Crippen molar-refractivity contribution in [3.63, 3.8) is 0 Å². The summed E-state index contributed by atoms with van der Waals surface area (Å²) in [4.78, 5) is 48.1. The van der Waals surface area contributed by atoms with Crippen molar-refractivity contribution in [3.8, 4) is 5.75 Å². The predicted octanol–water partition coefficient (Wildman–Crippen LogP) is 2.93. The number of ether oxygens (including phenoxy) is 2. The number of aliphatic hydroxyl groups excluding tert-OH is 1. The summed E-state index contributed by atoms with van der Waals surface area (Å²) in [6.45, 7) is 11.3. The van der Waals surface area contributed by atoms with E-state index in [1.807, 2.05) is 83.2 Å². The summed E-state index contributed by atoms with van der Waals surface area (Å²) in [6, 6.07) is 6.47. The molecule has 1 aromatic carbocycles. The lowest BCUT2D eigenvalue weighted by atomic mass is 9.74. The van der Waals surface area contributed by atoms with E-state index in [4.69, 9.17) is 9.47 Å². The van der Waals surface area contributed by atoms with Crippen LogP contribution in [0, 0.1) is 11.8 Å². The number of likely N-dealkylation sites (tertiary alicyclic amines) is 1. The zero-order valence-corrected chi connectivity index (χ0v) is 24.1. The van der Waals surface area contributed by atoms with Gasteiger partial charge in [0.25, 0.3) is 0 Å². The molecule has 40 heavy (non-hydrogen) atoms. The molecule has 0 saturated carbocycles. The zero-order chi connectivity index (χ0) is 28.9. The van der Waals surface area contributed by atoms with Gasteiger partial charge in [0.15, 0.2) is 0 Å². The lowest BCUT2D eigenvalue weighted by Crippen LogP contribution is -2.59. The lowest BCUT2D eigenvalue weighted by Gasteiger charge is -2.41. The number of unbranched alkanes of at least 4 members (excludes halogenated alkanes) is 1. The first-order valence-electron chi connectivity index (χ1n) is 14.3. The standard InChI is InChI=1S/C31H41N3O6/c1-6-39-22-13-11-21(12-14-22)32-18-9-15-30(5)23(26(32)36)24-27(37)33(17-7-8-20-35)25-28(38)34(29(2,3)4)19-10-16-31(24,25)40-30/h9-16,23-25,35H,6-8,17-20H2,1-5H3/t23-,24-,25?,30+,31-/m0/s1. The highest BCUT2D eigenvalue weighted by Crippen LogP contribution is 2.57. The molecule has 2 fully saturated rings. The maximum atomic E-state index is 14.4. The molecule has 9 heteroatoms. The Morgan fingerprint density at radius 2 is 1.68 bits per heavy atom. The van der Waals surface area contributed by atoms with E-state index in [0.29, 0.717) is 44.8 Å². The number of benzene rings is 1. The van der Waals surface area contributed by atoms with Gasteiger partial charge in [-0.2, -0.15) is 0 Å². The van der Waals surface area contributed by atoms with Gasteiger partial charge >= 0.3 is 0 Å². The number of nitrogens with zero attached hydrogens (tertiary/aromatic N) is 3. The Kier molecular flexibility index (Phi) is 7.33. The van der Waals surface area contributed by atoms with Crippen molar-refractivity contribution < 1.29 is 29.0 Å². The number of carbonyl (C=O) groups is 3. The van der Waals surface area contributed by atoms with Gasteiger partial charge in [0.2, 0.25) is 17.7 Å². The van der Waals surface area contributed by atoms with Gasteiger partial charge in [-0.3, -0.25) is 14.4 Å². The minimum Gasteiger partial charge on any atom is -0.494 e. The van der Waals surface area contributed by atoms with E-state index in [0.717, 1.165) is 5.75 Å². The number of anilines is 1. The molecule has 4 heterocycles. The van der Waals surface area contributed by atoms with Crippen LogP contribution in [0.4, 0.5) is 5.69 Å².